The van der Waals surface area contributed by atoms with E-state index in [1.807, 2.05) is 44.2 Å². The maximum atomic E-state index is 12.5. The van der Waals surface area contributed by atoms with Crippen molar-refractivity contribution in [1.29, 1.82) is 0 Å². The van der Waals surface area contributed by atoms with Crippen LogP contribution < -0.4 is 0 Å². The molecule has 0 spiro atoms. The van der Waals surface area contributed by atoms with Crippen LogP contribution in [0.5, 0.6) is 0 Å². The van der Waals surface area contributed by atoms with Gasteiger partial charge in [-0.25, -0.2) is 0 Å². The maximum absolute atomic E-state index is 12.5. The van der Waals surface area contributed by atoms with Crippen molar-refractivity contribution in [3.05, 3.63) is 70.1 Å². The number of aryl methyl sites for hydroxylation is 2. The summed E-state index contributed by atoms with van der Waals surface area (Å²) in [7, 11) is 1.69. The van der Waals surface area contributed by atoms with Gasteiger partial charge in [-0.15, -0.1) is 0 Å². The van der Waals surface area contributed by atoms with E-state index < -0.39 is 0 Å². The molecule has 3 aromatic rings. The van der Waals surface area contributed by atoms with Gasteiger partial charge in [-0.05, 0) is 31.5 Å². The molecule has 25 heavy (non-hydrogen) atoms. The topological polar surface area (TPSA) is 59.2 Å². The molecule has 3 rings (SSSR count). The highest BCUT2D eigenvalue weighted by Gasteiger charge is 2.17. The summed E-state index contributed by atoms with van der Waals surface area (Å²) in [5.41, 5.74) is 3.49. The average molecular weight is 356 g/mol. The van der Waals surface area contributed by atoms with E-state index in [0.717, 1.165) is 16.7 Å². The molecule has 6 heteroatoms. The fraction of sp³-hybridized carbons (Fsp3) is 0.211. The number of nitrogens with zero attached hydrogens (tertiary/aromatic N) is 3. The monoisotopic (exact) mass is 355 g/mol. The van der Waals surface area contributed by atoms with Gasteiger partial charge in [0.1, 0.15) is 0 Å². The van der Waals surface area contributed by atoms with Crippen LogP contribution in [-0.4, -0.2) is 28.0 Å². The van der Waals surface area contributed by atoms with Gasteiger partial charge in [0.15, 0.2) is 0 Å². The summed E-state index contributed by atoms with van der Waals surface area (Å²) in [5.74, 6) is 0.732. The minimum atomic E-state index is -0.156. The summed E-state index contributed by atoms with van der Waals surface area (Å²) in [4.78, 5) is 18.4. The number of hydrogen-bond acceptors (Lipinski definition) is 4. The van der Waals surface area contributed by atoms with Crippen LogP contribution in [0.3, 0.4) is 0 Å². The summed E-state index contributed by atoms with van der Waals surface area (Å²) in [6.45, 7) is 4.14. The Morgan fingerprint density at radius 1 is 1.16 bits per heavy atom. The molecule has 0 atom stereocenters. The number of rotatable bonds is 4. The average Bonchev–Trinajstić information content (AvgIpc) is 3.05. The molecule has 0 aliphatic carbocycles. The van der Waals surface area contributed by atoms with Crippen LogP contribution in [0, 0.1) is 13.8 Å². The van der Waals surface area contributed by atoms with E-state index in [9.17, 15) is 4.79 Å². The molecule has 1 aromatic heterocycles. The summed E-state index contributed by atoms with van der Waals surface area (Å²) in [5, 5.41) is 4.55. The first kappa shape index (κ1) is 17.2. The third kappa shape index (κ3) is 3.88. The molecule has 0 saturated heterocycles. The summed E-state index contributed by atoms with van der Waals surface area (Å²) in [6, 6.07) is 13.1. The van der Waals surface area contributed by atoms with Gasteiger partial charge < -0.3 is 9.42 Å². The largest absolute Gasteiger partial charge is 0.337 e. The zero-order valence-corrected chi connectivity index (χ0v) is 15.0. The van der Waals surface area contributed by atoms with Gasteiger partial charge in [0, 0.05) is 23.2 Å². The second kappa shape index (κ2) is 7.07. The van der Waals surface area contributed by atoms with Gasteiger partial charge >= 0.3 is 0 Å². The lowest BCUT2D eigenvalue weighted by atomic mass is 10.1. The Bertz CT molecular complexity index is 903. The van der Waals surface area contributed by atoms with Crippen molar-refractivity contribution >= 4 is 17.5 Å². The van der Waals surface area contributed by atoms with Crippen LogP contribution >= 0.6 is 11.6 Å². The molecule has 128 valence electrons. The van der Waals surface area contributed by atoms with E-state index in [4.69, 9.17) is 16.1 Å². The zero-order valence-electron chi connectivity index (χ0n) is 14.3. The van der Waals surface area contributed by atoms with Crippen LogP contribution in [-0.2, 0) is 6.54 Å². The number of aromatic nitrogens is 2. The van der Waals surface area contributed by atoms with Crippen LogP contribution in [0.4, 0.5) is 0 Å². The fourth-order valence-corrected chi connectivity index (χ4v) is 2.54. The molecule has 0 bridgehead atoms. The van der Waals surface area contributed by atoms with Crippen molar-refractivity contribution in [2.75, 3.05) is 7.05 Å². The first-order valence-electron chi connectivity index (χ1n) is 7.85. The van der Waals surface area contributed by atoms with E-state index in [0.29, 0.717) is 22.3 Å². The lowest BCUT2D eigenvalue weighted by Gasteiger charge is -2.15. The van der Waals surface area contributed by atoms with Gasteiger partial charge in [-0.1, -0.05) is 52.7 Å². The lowest BCUT2D eigenvalue weighted by Crippen LogP contribution is -2.26. The smallest absolute Gasteiger partial charge is 0.254 e. The number of halogens is 1. The summed E-state index contributed by atoms with van der Waals surface area (Å²) < 4.78 is 5.27. The molecule has 1 heterocycles. The van der Waals surface area contributed by atoms with Crippen molar-refractivity contribution in [1.82, 2.24) is 15.0 Å². The summed E-state index contributed by atoms with van der Waals surface area (Å²) >= 11 is 6.09. The second-order valence-corrected chi connectivity index (χ2v) is 6.41. The quantitative estimate of drug-likeness (QED) is 0.700. The third-order valence-corrected chi connectivity index (χ3v) is 4.32. The first-order valence-corrected chi connectivity index (χ1v) is 8.23. The highest BCUT2D eigenvalue weighted by atomic mass is 35.5. The molecular formula is C19H18ClN3O2. The van der Waals surface area contributed by atoms with Gasteiger partial charge in [-0.2, -0.15) is 4.98 Å². The molecule has 0 unspecified atom stereocenters. The first-order chi connectivity index (χ1) is 11.9. The molecule has 0 N–H and O–H groups in total. The highest BCUT2D eigenvalue weighted by Crippen LogP contribution is 2.19. The van der Waals surface area contributed by atoms with Gasteiger partial charge in [0.2, 0.25) is 11.7 Å². The number of benzene rings is 2. The Balaban J connectivity index is 1.72. The highest BCUT2D eigenvalue weighted by molar-refractivity contribution is 6.31. The number of carbonyl (C=O) groups excluding carboxylic acids is 1. The molecule has 0 aliphatic heterocycles. The molecule has 5 nitrogen and oxygen atoms in total. The van der Waals surface area contributed by atoms with E-state index >= 15 is 0 Å². The molecule has 0 radical (unpaired) electrons. The Hall–Kier alpha value is -2.66. The third-order valence-electron chi connectivity index (χ3n) is 3.92. The van der Waals surface area contributed by atoms with Crippen molar-refractivity contribution in [2.24, 2.45) is 0 Å². The minimum Gasteiger partial charge on any atom is -0.337 e. The lowest BCUT2D eigenvalue weighted by molar-refractivity contribution is 0.0769. The Kier molecular flexibility index (Phi) is 4.86. The Morgan fingerprint density at radius 3 is 2.56 bits per heavy atom. The number of amides is 1. The predicted molar refractivity (Wildman–Crippen MR) is 96.5 cm³/mol. The minimum absolute atomic E-state index is 0.156. The van der Waals surface area contributed by atoms with Crippen molar-refractivity contribution < 1.29 is 9.32 Å². The molecule has 0 saturated carbocycles. The van der Waals surface area contributed by atoms with Crippen molar-refractivity contribution in [3.63, 3.8) is 0 Å². The van der Waals surface area contributed by atoms with Gasteiger partial charge in [-0.3, -0.25) is 4.79 Å². The van der Waals surface area contributed by atoms with Crippen LogP contribution in [0.2, 0.25) is 5.02 Å². The Labute approximate surface area is 151 Å². The number of hydrogen-bond donors (Lipinski definition) is 0. The maximum Gasteiger partial charge on any atom is 0.254 e. The SMILES string of the molecule is Cc1ccc(-c2noc(CN(C)C(=O)c3ccc(C)c(Cl)c3)n2)cc1. The van der Waals surface area contributed by atoms with Crippen LogP contribution in [0.1, 0.15) is 27.4 Å². The molecule has 1 amide bonds. The van der Waals surface area contributed by atoms with Gasteiger partial charge in [0.25, 0.3) is 5.91 Å². The van der Waals surface area contributed by atoms with E-state index in [-0.39, 0.29) is 12.5 Å². The zero-order chi connectivity index (χ0) is 18.0. The van der Waals surface area contributed by atoms with Crippen LogP contribution in [0.15, 0.2) is 47.0 Å². The number of carbonyl (C=O) groups is 1. The Morgan fingerprint density at radius 2 is 1.88 bits per heavy atom. The van der Waals surface area contributed by atoms with E-state index in [1.165, 1.54) is 4.90 Å². The normalized spacial score (nSPS) is 10.7. The standard InChI is InChI=1S/C19H18ClN3O2/c1-12-4-7-14(8-5-12)18-21-17(25-22-18)11-23(3)19(24)15-9-6-13(2)16(20)10-15/h4-10H,11H2,1-3H3. The van der Waals surface area contributed by atoms with Crippen molar-refractivity contribution in [2.45, 2.75) is 20.4 Å². The fourth-order valence-electron chi connectivity index (χ4n) is 2.36. The van der Waals surface area contributed by atoms with E-state index in [1.54, 1.807) is 19.2 Å². The molecule has 2 aromatic carbocycles. The molecule has 0 fully saturated rings. The summed E-state index contributed by atoms with van der Waals surface area (Å²) in [6.07, 6.45) is 0. The molecular weight excluding hydrogens is 338 g/mol. The van der Waals surface area contributed by atoms with E-state index in [2.05, 4.69) is 10.1 Å². The molecule has 0 aliphatic rings. The predicted octanol–water partition coefficient (Wildman–Crippen LogP) is 4.28. The van der Waals surface area contributed by atoms with Gasteiger partial charge in [0.05, 0.1) is 6.54 Å². The second-order valence-electron chi connectivity index (χ2n) is 6.00. The van der Waals surface area contributed by atoms with Crippen molar-refractivity contribution in [3.8, 4) is 11.4 Å². The van der Waals surface area contributed by atoms with Crippen LogP contribution in [0.25, 0.3) is 11.4 Å².